The summed E-state index contributed by atoms with van der Waals surface area (Å²) in [5, 5.41) is 50.4. The summed E-state index contributed by atoms with van der Waals surface area (Å²) in [4.78, 5) is 23.3. The van der Waals surface area contributed by atoms with Gasteiger partial charge in [0.15, 0.2) is 0 Å². The van der Waals surface area contributed by atoms with Crippen molar-refractivity contribution in [3.8, 4) is 0 Å². The van der Waals surface area contributed by atoms with E-state index in [1.54, 1.807) is 0 Å². The predicted octanol–water partition coefficient (Wildman–Crippen LogP) is 12.6. The second-order valence-corrected chi connectivity index (χ2v) is 19.7. The summed E-state index contributed by atoms with van der Waals surface area (Å²) in [5.74, 6) is -0.489. The highest BCUT2D eigenvalue weighted by molar-refractivity contribution is 7.47. The van der Waals surface area contributed by atoms with Crippen molar-refractivity contribution in [3.63, 3.8) is 0 Å². The number of hydrogen-bond acceptors (Lipinski definition) is 11. The van der Waals surface area contributed by atoms with Crippen LogP contribution in [0.25, 0.3) is 0 Å². The Labute approximate surface area is 424 Å². The summed E-state index contributed by atoms with van der Waals surface area (Å²) in [6, 6.07) is 0. The van der Waals surface area contributed by atoms with E-state index in [9.17, 15) is 39.8 Å². The number of phosphoric ester groups is 1. The quantitative estimate of drug-likeness (QED) is 0.0147. The molecule has 13 heteroatoms. The minimum absolute atomic E-state index is 0.0915. The van der Waals surface area contributed by atoms with Gasteiger partial charge in [0.1, 0.15) is 42.7 Å². The number of carbonyl (C=O) groups excluding carboxylic acids is 1. The number of ether oxygens (including phenoxy) is 2. The van der Waals surface area contributed by atoms with E-state index in [1.165, 1.54) is 57.8 Å². The lowest BCUT2D eigenvalue weighted by molar-refractivity contribution is -0.220. The fourth-order valence-corrected chi connectivity index (χ4v) is 8.72. The monoisotopic (exact) mass is 1000 g/mol. The first kappa shape index (κ1) is 65.3. The molecule has 0 bridgehead atoms. The Balaban J connectivity index is 2.33. The van der Waals surface area contributed by atoms with Crippen LogP contribution in [0.15, 0.2) is 97.2 Å². The normalized spacial score (nSPS) is 21.7. The van der Waals surface area contributed by atoms with Crippen molar-refractivity contribution >= 4 is 13.8 Å². The Morgan fingerprint density at radius 2 is 0.800 bits per heavy atom. The molecule has 1 saturated carbocycles. The Kier molecular flexibility index (Phi) is 43.0. The van der Waals surface area contributed by atoms with Gasteiger partial charge in [-0.15, -0.1) is 0 Å². The van der Waals surface area contributed by atoms with Gasteiger partial charge in [-0.3, -0.25) is 13.8 Å². The van der Waals surface area contributed by atoms with Gasteiger partial charge in [0, 0.05) is 13.0 Å². The Morgan fingerprint density at radius 3 is 1.21 bits per heavy atom. The van der Waals surface area contributed by atoms with Crippen LogP contribution in [-0.2, 0) is 27.9 Å². The fraction of sp³-hybridized carbons (Fsp3) is 0.702. The molecular formula is C57H97O12P. The molecule has 0 aromatic carbocycles. The van der Waals surface area contributed by atoms with Crippen molar-refractivity contribution in [2.75, 3.05) is 19.8 Å². The molecule has 12 nitrogen and oxygen atoms in total. The summed E-state index contributed by atoms with van der Waals surface area (Å²) >= 11 is 0. The second kappa shape index (κ2) is 46.1. The van der Waals surface area contributed by atoms with Gasteiger partial charge in [-0.1, -0.05) is 195 Å². The molecule has 402 valence electrons. The summed E-state index contributed by atoms with van der Waals surface area (Å²) in [7, 11) is -5.04. The SMILES string of the molecule is CC/C=C\C/C=C\C/C=C\C/C=C\CCCCCCCCCCCCC(=O)OC(COCCCCCCCCC/C=C\C/C=C\C/C=C\C/C=C\CC)COP(=O)(O)OC1C(O)C(O)C(O)C(O)C1O. The molecule has 1 fully saturated rings. The summed E-state index contributed by atoms with van der Waals surface area (Å²) < 4.78 is 34.4. The van der Waals surface area contributed by atoms with Crippen LogP contribution < -0.4 is 0 Å². The van der Waals surface area contributed by atoms with E-state index in [4.69, 9.17) is 18.5 Å². The summed E-state index contributed by atoms with van der Waals surface area (Å²) in [5.41, 5.74) is 0. The van der Waals surface area contributed by atoms with E-state index < -0.39 is 63.1 Å². The molecule has 0 saturated heterocycles. The van der Waals surface area contributed by atoms with Crippen LogP contribution in [0.2, 0.25) is 0 Å². The maximum Gasteiger partial charge on any atom is 0.472 e. The molecule has 0 aliphatic heterocycles. The average Bonchev–Trinajstić information content (AvgIpc) is 3.35. The van der Waals surface area contributed by atoms with E-state index in [-0.39, 0.29) is 13.0 Å². The van der Waals surface area contributed by atoms with E-state index in [2.05, 4.69) is 111 Å². The number of rotatable bonds is 45. The first-order chi connectivity index (χ1) is 34.0. The van der Waals surface area contributed by atoms with Gasteiger partial charge >= 0.3 is 13.8 Å². The van der Waals surface area contributed by atoms with Crippen LogP contribution in [0.1, 0.15) is 194 Å². The molecule has 0 spiro atoms. The summed E-state index contributed by atoms with van der Waals surface area (Å²) in [6.45, 7) is 4.01. The van der Waals surface area contributed by atoms with Gasteiger partial charge in [0.25, 0.3) is 0 Å². The summed E-state index contributed by atoms with van der Waals surface area (Å²) in [6.07, 6.45) is 51.8. The minimum atomic E-state index is -5.04. The lowest BCUT2D eigenvalue weighted by atomic mass is 9.85. The van der Waals surface area contributed by atoms with Crippen LogP contribution in [0.3, 0.4) is 0 Å². The van der Waals surface area contributed by atoms with Crippen LogP contribution in [0.5, 0.6) is 0 Å². The van der Waals surface area contributed by atoms with Gasteiger partial charge < -0.3 is 39.9 Å². The van der Waals surface area contributed by atoms with Crippen LogP contribution in [-0.4, -0.2) is 98.9 Å². The van der Waals surface area contributed by atoms with Crippen molar-refractivity contribution in [2.45, 2.75) is 236 Å². The van der Waals surface area contributed by atoms with Crippen molar-refractivity contribution in [2.24, 2.45) is 0 Å². The second-order valence-electron chi connectivity index (χ2n) is 18.3. The lowest BCUT2D eigenvalue weighted by Crippen LogP contribution is -2.64. The molecule has 0 amide bonds. The third kappa shape index (κ3) is 37.1. The number of carbonyl (C=O) groups is 1. The molecule has 6 atom stereocenters. The zero-order chi connectivity index (χ0) is 51.2. The zero-order valence-corrected chi connectivity index (χ0v) is 44.2. The predicted molar refractivity (Wildman–Crippen MR) is 285 cm³/mol. The molecular weight excluding hydrogens is 908 g/mol. The number of allylic oxidation sites excluding steroid dienone is 16. The minimum Gasteiger partial charge on any atom is -0.457 e. The molecule has 6 unspecified atom stereocenters. The molecule has 1 rings (SSSR count). The lowest BCUT2D eigenvalue weighted by Gasteiger charge is -2.41. The number of phosphoric acid groups is 1. The standard InChI is InChI=1S/C57H97O12P/c1-3-5-7-9-11-13-15-17-19-21-23-25-26-27-28-30-32-34-36-38-40-42-44-46-51(58)68-50(49-67-70(64,65)69-57-55(62)53(60)52(59)54(61)56(57)63)48-66-47-45-43-41-39-37-35-33-31-29-24-22-20-18-16-14-12-10-8-6-4-2/h5-8,11-14,17-20,23-25,29,50,52-57,59-63H,3-4,9-10,15-16,21-22,26-28,30-49H2,1-2H3,(H,64,65)/b7-5-,8-6-,13-11-,14-12-,19-17-,20-18-,25-23-,29-24-. The molecule has 0 aromatic heterocycles. The van der Waals surface area contributed by atoms with Crippen molar-refractivity contribution < 1.29 is 58.3 Å². The fourth-order valence-electron chi connectivity index (χ4n) is 7.75. The smallest absolute Gasteiger partial charge is 0.457 e. The number of esters is 1. The van der Waals surface area contributed by atoms with E-state index in [1.807, 2.05) is 0 Å². The molecule has 0 heterocycles. The van der Waals surface area contributed by atoms with Gasteiger partial charge in [0.05, 0.1) is 13.2 Å². The molecule has 0 aromatic rings. The van der Waals surface area contributed by atoms with Crippen molar-refractivity contribution in [1.29, 1.82) is 0 Å². The van der Waals surface area contributed by atoms with Gasteiger partial charge in [-0.25, -0.2) is 4.57 Å². The highest BCUT2D eigenvalue weighted by Gasteiger charge is 2.51. The Bertz CT molecular complexity index is 1520. The van der Waals surface area contributed by atoms with Gasteiger partial charge in [-0.05, 0) is 89.9 Å². The first-order valence-electron chi connectivity index (χ1n) is 27.1. The van der Waals surface area contributed by atoms with Crippen molar-refractivity contribution in [3.05, 3.63) is 97.2 Å². The van der Waals surface area contributed by atoms with Crippen LogP contribution >= 0.6 is 7.82 Å². The molecule has 0 radical (unpaired) electrons. The third-order valence-corrected chi connectivity index (χ3v) is 12.9. The van der Waals surface area contributed by atoms with Crippen LogP contribution in [0, 0.1) is 0 Å². The number of unbranched alkanes of at least 4 members (excludes halogenated alkanes) is 17. The van der Waals surface area contributed by atoms with E-state index in [0.29, 0.717) is 13.0 Å². The molecule has 70 heavy (non-hydrogen) atoms. The van der Waals surface area contributed by atoms with Gasteiger partial charge in [0.2, 0.25) is 0 Å². The number of hydrogen-bond donors (Lipinski definition) is 6. The Morgan fingerprint density at radius 1 is 0.457 bits per heavy atom. The number of aliphatic hydroxyl groups is 5. The number of aliphatic hydroxyl groups excluding tert-OH is 5. The molecule has 1 aliphatic rings. The average molecular weight is 1010 g/mol. The molecule has 6 N–H and O–H groups in total. The largest absolute Gasteiger partial charge is 0.472 e. The highest BCUT2D eigenvalue weighted by Crippen LogP contribution is 2.47. The van der Waals surface area contributed by atoms with Gasteiger partial charge in [-0.2, -0.15) is 0 Å². The maximum absolute atomic E-state index is 12.9. The Hall–Kier alpha value is -2.74. The zero-order valence-electron chi connectivity index (χ0n) is 43.3. The first-order valence-corrected chi connectivity index (χ1v) is 28.6. The highest BCUT2D eigenvalue weighted by atomic mass is 31.2. The van der Waals surface area contributed by atoms with Crippen molar-refractivity contribution in [1.82, 2.24) is 0 Å². The van der Waals surface area contributed by atoms with E-state index in [0.717, 1.165) is 109 Å². The third-order valence-electron chi connectivity index (χ3n) is 12.0. The van der Waals surface area contributed by atoms with E-state index >= 15 is 0 Å². The topological polar surface area (TPSA) is 192 Å². The molecule has 1 aliphatic carbocycles. The maximum atomic E-state index is 12.9. The van der Waals surface area contributed by atoms with Crippen LogP contribution in [0.4, 0.5) is 0 Å².